The average Bonchev–Trinajstić information content (AvgIpc) is 2.63. The third-order valence-electron chi connectivity index (χ3n) is 4.14. The van der Waals surface area contributed by atoms with Crippen molar-refractivity contribution in [2.24, 2.45) is 4.99 Å². The Balaban J connectivity index is 2.57. The summed E-state index contributed by atoms with van der Waals surface area (Å²) >= 11 is 0. The molecule has 0 aliphatic heterocycles. The predicted molar refractivity (Wildman–Crippen MR) is 112 cm³/mol. The van der Waals surface area contributed by atoms with E-state index in [1.165, 1.54) is 5.56 Å². The van der Waals surface area contributed by atoms with Gasteiger partial charge < -0.3 is 21.1 Å². The third-order valence-corrected chi connectivity index (χ3v) is 4.14. The van der Waals surface area contributed by atoms with Gasteiger partial charge in [-0.05, 0) is 29.9 Å². The van der Waals surface area contributed by atoms with Crippen molar-refractivity contribution >= 4 is 11.9 Å². The van der Waals surface area contributed by atoms with Crippen molar-refractivity contribution in [1.82, 2.24) is 16.0 Å². The van der Waals surface area contributed by atoms with E-state index >= 15 is 0 Å². The molecule has 4 N–H and O–H groups in total. The highest BCUT2D eigenvalue weighted by Crippen LogP contribution is 2.24. The summed E-state index contributed by atoms with van der Waals surface area (Å²) in [6.45, 7) is 12.7. The van der Waals surface area contributed by atoms with Gasteiger partial charge in [-0.1, -0.05) is 52.0 Å². The molecule has 0 bridgehead atoms. The van der Waals surface area contributed by atoms with Crippen LogP contribution in [0.4, 0.5) is 0 Å². The highest BCUT2D eigenvalue weighted by atomic mass is 16.3. The number of aliphatic hydroxyl groups is 1. The van der Waals surface area contributed by atoms with Crippen LogP contribution in [0.3, 0.4) is 0 Å². The Morgan fingerprint density at radius 2 is 1.74 bits per heavy atom. The SMILES string of the molecule is CCCNC(=O)CCNC(=NCC(O)c1ccc(C(C)(C)C)cc1)NCC. The molecule has 1 atom stereocenters. The number of carbonyl (C=O) groups excluding carboxylic acids is 1. The molecule has 0 aliphatic rings. The monoisotopic (exact) mass is 376 g/mol. The van der Waals surface area contributed by atoms with Crippen LogP contribution in [-0.2, 0) is 10.2 Å². The number of hydrogen-bond donors (Lipinski definition) is 4. The second-order valence-electron chi connectivity index (χ2n) is 7.63. The molecule has 6 nitrogen and oxygen atoms in total. The summed E-state index contributed by atoms with van der Waals surface area (Å²) in [6, 6.07) is 8.03. The molecule has 152 valence electrons. The first-order valence-electron chi connectivity index (χ1n) is 9.85. The van der Waals surface area contributed by atoms with E-state index in [9.17, 15) is 9.90 Å². The second-order valence-corrected chi connectivity index (χ2v) is 7.63. The van der Waals surface area contributed by atoms with E-state index in [2.05, 4.69) is 53.8 Å². The molecule has 0 aliphatic carbocycles. The van der Waals surface area contributed by atoms with Gasteiger partial charge in [0.05, 0.1) is 12.6 Å². The first-order chi connectivity index (χ1) is 12.8. The molecule has 27 heavy (non-hydrogen) atoms. The van der Waals surface area contributed by atoms with Crippen molar-refractivity contribution in [3.8, 4) is 0 Å². The Hall–Kier alpha value is -2.08. The fourth-order valence-corrected chi connectivity index (χ4v) is 2.48. The average molecular weight is 377 g/mol. The van der Waals surface area contributed by atoms with Gasteiger partial charge in [-0.3, -0.25) is 9.79 Å². The fourth-order valence-electron chi connectivity index (χ4n) is 2.48. The van der Waals surface area contributed by atoms with E-state index in [0.717, 1.165) is 12.0 Å². The number of rotatable bonds is 9. The molecule has 0 aromatic heterocycles. The molecule has 0 saturated carbocycles. The van der Waals surface area contributed by atoms with E-state index in [4.69, 9.17) is 0 Å². The Labute approximate surface area is 163 Å². The number of aliphatic imine (C=N–C) groups is 1. The molecule has 1 rings (SSSR count). The van der Waals surface area contributed by atoms with Crippen molar-refractivity contribution in [2.45, 2.75) is 59.0 Å². The lowest BCUT2D eigenvalue weighted by atomic mass is 9.86. The van der Waals surface area contributed by atoms with Gasteiger partial charge in [0.1, 0.15) is 0 Å². The lowest BCUT2D eigenvalue weighted by molar-refractivity contribution is -0.120. The van der Waals surface area contributed by atoms with Crippen LogP contribution in [0.25, 0.3) is 0 Å². The van der Waals surface area contributed by atoms with E-state index in [1.807, 2.05) is 26.0 Å². The van der Waals surface area contributed by atoms with E-state index in [1.54, 1.807) is 0 Å². The highest BCUT2D eigenvalue weighted by molar-refractivity contribution is 5.81. The summed E-state index contributed by atoms with van der Waals surface area (Å²) in [5.74, 6) is 0.630. The highest BCUT2D eigenvalue weighted by Gasteiger charge is 2.14. The zero-order valence-corrected chi connectivity index (χ0v) is 17.4. The number of aliphatic hydroxyl groups excluding tert-OH is 1. The molecule has 1 aromatic rings. The van der Waals surface area contributed by atoms with E-state index < -0.39 is 6.10 Å². The van der Waals surface area contributed by atoms with Crippen LogP contribution >= 0.6 is 0 Å². The zero-order valence-electron chi connectivity index (χ0n) is 17.4. The molecule has 1 unspecified atom stereocenters. The Kier molecular flexibility index (Phi) is 9.86. The minimum atomic E-state index is -0.665. The number of nitrogens with one attached hydrogen (secondary N) is 3. The quantitative estimate of drug-likeness (QED) is 0.394. The molecule has 0 saturated heterocycles. The minimum absolute atomic E-state index is 0.0270. The van der Waals surface area contributed by atoms with Crippen LogP contribution in [0, 0.1) is 0 Å². The van der Waals surface area contributed by atoms with Gasteiger partial charge in [-0.15, -0.1) is 0 Å². The molecule has 1 amide bonds. The standard InChI is InChI=1S/C21H36N4O2/c1-6-13-23-19(27)12-14-24-20(22-7-2)25-15-18(26)16-8-10-17(11-9-16)21(3,4)5/h8-11,18,26H,6-7,12-15H2,1-5H3,(H,23,27)(H2,22,24,25). The van der Waals surface area contributed by atoms with Crippen LogP contribution in [0.2, 0.25) is 0 Å². The summed E-state index contributed by atoms with van der Waals surface area (Å²) in [5.41, 5.74) is 2.17. The van der Waals surface area contributed by atoms with Crippen molar-refractivity contribution in [2.75, 3.05) is 26.2 Å². The number of nitrogens with zero attached hydrogens (tertiary/aromatic N) is 1. The summed E-state index contributed by atoms with van der Waals surface area (Å²) in [6.07, 6.45) is 0.654. The molecule has 1 aromatic carbocycles. The van der Waals surface area contributed by atoms with Crippen molar-refractivity contribution in [3.63, 3.8) is 0 Å². The lowest BCUT2D eigenvalue weighted by Gasteiger charge is -2.20. The number of guanidine groups is 1. The van der Waals surface area contributed by atoms with Crippen LogP contribution in [0.15, 0.2) is 29.3 Å². The van der Waals surface area contributed by atoms with Crippen LogP contribution in [0.1, 0.15) is 64.7 Å². The number of benzene rings is 1. The van der Waals surface area contributed by atoms with Crippen LogP contribution in [0.5, 0.6) is 0 Å². The van der Waals surface area contributed by atoms with Gasteiger partial charge in [0.25, 0.3) is 0 Å². The number of carbonyl (C=O) groups is 1. The van der Waals surface area contributed by atoms with Crippen molar-refractivity contribution in [1.29, 1.82) is 0 Å². The smallest absolute Gasteiger partial charge is 0.221 e. The van der Waals surface area contributed by atoms with E-state index in [-0.39, 0.29) is 17.9 Å². The Morgan fingerprint density at radius 3 is 2.30 bits per heavy atom. The normalized spacial score (nSPS) is 13.2. The first kappa shape index (κ1) is 23.0. The van der Waals surface area contributed by atoms with Crippen molar-refractivity contribution < 1.29 is 9.90 Å². The summed E-state index contributed by atoms with van der Waals surface area (Å²) in [7, 11) is 0. The van der Waals surface area contributed by atoms with Gasteiger partial charge in [0.2, 0.25) is 5.91 Å². The van der Waals surface area contributed by atoms with Gasteiger partial charge in [-0.2, -0.15) is 0 Å². The Morgan fingerprint density at radius 1 is 1.07 bits per heavy atom. The molecule has 0 spiro atoms. The van der Waals surface area contributed by atoms with Crippen LogP contribution < -0.4 is 16.0 Å². The summed E-state index contributed by atoms with van der Waals surface area (Å²) in [4.78, 5) is 16.1. The van der Waals surface area contributed by atoms with Gasteiger partial charge >= 0.3 is 0 Å². The summed E-state index contributed by atoms with van der Waals surface area (Å²) < 4.78 is 0. The van der Waals surface area contributed by atoms with Crippen molar-refractivity contribution in [3.05, 3.63) is 35.4 Å². The molecular weight excluding hydrogens is 340 g/mol. The molecule has 0 radical (unpaired) electrons. The molecular formula is C21H36N4O2. The maximum Gasteiger partial charge on any atom is 0.221 e. The Bertz CT molecular complexity index is 591. The second kappa shape index (κ2) is 11.6. The predicted octanol–water partition coefficient (Wildman–Crippen LogP) is 2.49. The fraction of sp³-hybridized carbons (Fsp3) is 0.619. The maximum atomic E-state index is 11.6. The lowest BCUT2D eigenvalue weighted by Crippen LogP contribution is -2.39. The largest absolute Gasteiger partial charge is 0.386 e. The van der Waals surface area contributed by atoms with Crippen LogP contribution in [-0.4, -0.2) is 43.2 Å². The van der Waals surface area contributed by atoms with Gasteiger partial charge in [-0.25, -0.2) is 0 Å². The molecule has 6 heteroatoms. The maximum absolute atomic E-state index is 11.6. The number of amides is 1. The van der Waals surface area contributed by atoms with Gasteiger partial charge in [0.15, 0.2) is 5.96 Å². The molecule has 0 fully saturated rings. The molecule has 0 heterocycles. The zero-order chi connectivity index (χ0) is 20.3. The third kappa shape index (κ3) is 8.91. The van der Waals surface area contributed by atoms with Gasteiger partial charge in [0, 0.05) is 26.1 Å². The van der Waals surface area contributed by atoms with E-state index in [0.29, 0.717) is 32.0 Å². The topological polar surface area (TPSA) is 85.8 Å². The summed E-state index contributed by atoms with van der Waals surface area (Å²) in [5, 5.41) is 19.5. The minimum Gasteiger partial charge on any atom is -0.386 e. The first-order valence-corrected chi connectivity index (χ1v) is 9.85. The number of hydrogen-bond acceptors (Lipinski definition) is 3.